The normalized spacial score (nSPS) is 9.31. The van der Waals surface area contributed by atoms with Crippen LogP contribution in [0.25, 0.3) is 10.4 Å². The number of rotatable bonds is 4. The third-order valence-electron chi connectivity index (χ3n) is 1.68. The SMILES string of the molecule is [N-]=[N+]=NCCCc1cccc(F)c1. The van der Waals surface area contributed by atoms with Crippen molar-refractivity contribution in [1.82, 2.24) is 0 Å². The van der Waals surface area contributed by atoms with Crippen LogP contribution >= 0.6 is 0 Å². The number of azide groups is 1. The number of nitrogens with zero attached hydrogens (tertiary/aromatic N) is 3. The summed E-state index contributed by atoms with van der Waals surface area (Å²) in [6.45, 7) is 0.465. The van der Waals surface area contributed by atoms with Crippen molar-refractivity contribution in [3.05, 3.63) is 46.1 Å². The summed E-state index contributed by atoms with van der Waals surface area (Å²) in [5, 5.41) is 3.40. The number of halogens is 1. The predicted octanol–water partition coefficient (Wildman–Crippen LogP) is 3.07. The van der Waals surface area contributed by atoms with Crippen molar-refractivity contribution in [2.45, 2.75) is 12.8 Å². The Morgan fingerprint density at radius 3 is 3.00 bits per heavy atom. The van der Waals surface area contributed by atoms with E-state index in [0.717, 1.165) is 18.4 Å². The molecule has 1 aromatic rings. The van der Waals surface area contributed by atoms with Crippen molar-refractivity contribution in [2.75, 3.05) is 6.54 Å². The van der Waals surface area contributed by atoms with Gasteiger partial charge < -0.3 is 0 Å². The molecule has 4 heteroatoms. The Labute approximate surface area is 75.8 Å². The summed E-state index contributed by atoms with van der Waals surface area (Å²) < 4.78 is 12.7. The fraction of sp³-hybridized carbons (Fsp3) is 0.333. The highest BCUT2D eigenvalue weighted by Gasteiger charge is 1.94. The minimum atomic E-state index is -0.221. The van der Waals surface area contributed by atoms with Crippen molar-refractivity contribution in [2.24, 2.45) is 5.11 Å². The lowest BCUT2D eigenvalue weighted by atomic mass is 10.1. The zero-order chi connectivity index (χ0) is 9.52. The Kier molecular flexibility index (Phi) is 3.79. The monoisotopic (exact) mass is 179 g/mol. The average Bonchev–Trinajstić information content (AvgIpc) is 2.13. The summed E-state index contributed by atoms with van der Waals surface area (Å²) in [6, 6.07) is 6.45. The molecule has 0 aliphatic heterocycles. The molecule has 0 aromatic heterocycles. The highest BCUT2D eigenvalue weighted by atomic mass is 19.1. The molecular weight excluding hydrogens is 169 g/mol. The summed E-state index contributed by atoms with van der Waals surface area (Å²) in [6.07, 6.45) is 1.50. The van der Waals surface area contributed by atoms with Gasteiger partial charge in [-0.3, -0.25) is 0 Å². The van der Waals surface area contributed by atoms with Crippen LogP contribution in [-0.4, -0.2) is 6.54 Å². The molecule has 0 spiro atoms. The van der Waals surface area contributed by atoms with E-state index in [1.165, 1.54) is 12.1 Å². The minimum absolute atomic E-state index is 0.221. The van der Waals surface area contributed by atoms with Crippen LogP contribution < -0.4 is 0 Å². The molecule has 0 unspecified atom stereocenters. The largest absolute Gasteiger partial charge is 0.207 e. The molecule has 0 saturated heterocycles. The maximum Gasteiger partial charge on any atom is 0.123 e. The zero-order valence-electron chi connectivity index (χ0n) is 7.15. The minimum Gasteiger partial charge on any atom is -0.207 e. The van der Waals surface area contributed by atoms with Gasteiger partial charge in [-0.15, -0.1) is 0 Å². The molecule has 0 atom stereocenters. The van der Waals surface area contributed by atoms with Gasteiger partial charge in [0, 0.05) is 11.5 Å². The lowest BCUT2D eigenvalue weighted by molar-refractivity contribution is 0.624. The highest BCUT2D eigenvalue weighted by Crippen LogP contribution is 2.05. The van der Waals surface area contributed by atoms with Crippen molar-refractivity contribution in [3.8, 4) is 0 Å². The van der Waals surface area contributed by atoms with Crippen molar-refractivity contribution in [3.63, 3.8) is 0 Å². The molecule has 0 radical (unpaired) electrons. The van der Waals surface area contributed by atoms with E-state index in [2.05, 4.69) is 10.0 Å². The van der Waals surface area contributed by atoms with E-state index >= 15 is 0 Å². The second-order valence-electron chi connectivity index (χ2n) is 2.69. The summed E-state index contributed by atoms with van der Waals surface area (Å²) >= 11 is 0. The Balaban J connectivity index is 2.40. The van der Waals surface area contributed by atoms with Crippen LogP contribution in [-0.2, 0) is 6.42 Å². The Morgan fingerprint density at radius 2 is 2.31 bits per heavy atom. The lowest BCUT2D eigenvalue weighted by Gasteiger charge is -1.98. The van der Waals surface area contributed by atoms with Gasteiger partial charge >= 0.3 is 0 Å². The van der Waals surface area contributed by atoms with Crippen LogP contribution in [0.3, 0.4) is 0 Å². The van der Waals surface area contributed by atoms with Gasteiger partial charge in [0.25, 0.3) is 0 Å². The second-order valence-corrected chi connectivity index (χ2v) is 2.69. The van der Waals surface area contributed by atoms with Crippen LogP contribution in [0, 0.1) is 5.82 Å². The molecule has 0 saturated carbocycles. The van der Waals surface area contributed by atoms with Gasteiger partial charge in [-0.2, -0.15) is 0 Å². The third-order valence-corrected chi connectivity index (χ3v) is 1.68. The molecule has 0 amide bonds. The second kappa shape index (κ2) is 5.17. The summed E-state index contributed by atoms with van der Waals surface area (Å²) in [5.41, 5.74) is 8.94. The molecule has 1 aromatic carbocycles. The van der Waals surface area contributed by atoms with Gasteiger partial charge in [0.2, 0.25) is 0 Å². The van der Waals surface area contributed by atoms with Crippen molar-refractivity contribution in [1.29, 1.82) is 0 Å². The number of hydrogen-bond acceptors (Lipinski definition) is 1. The van der Waals surface area contributed by atoms with Crippen LogP contribution in [0.5, 0.6) is 0 Å². The quantitative estimate of drug-likeness (QED) is 0.295. The zero-order valence-corrected chi connectivity index (χ0v) is 7.15. The van der Waals surface area contributed by atoms with Crippen LogP contribution in [0.15, 0.2) is 29.4 Å². The fourth-order valence-electron chi connectivity index (χ4n) is 1.09. The highest BCUT2D eigenvalue weighted by molar-refractivity contribution is 5.16. The van der Waals surface area contributed by atoms with Gasteiger partial charge in [0.15, 0.2) is 0 Å². The van der Waals surface area contributed by atoms with Gasteiger partial charge in [-0.25, -0.2) is 4.39 Å². The smallest absolute Gasteiger partial charge is 0.123 e. The molecule has 0 heterocycles. The first-order valence-corrected chi connectivity index (χ1v) is 4.08. The molecule has 3 nitrogen and oxygen atoms in total. The number of hydrogen-bond donors (Lipinski definition) is 0. The molecule has 0 aliphatic carbocycles. The lowest BCUT2D eigenvalue weighted by Crippen LogP contribution is -1.88. The maximum atomic E-state index is 12.7. The molecule has 0 bridgehead atoms. The van der Waals surface area contributed by atoms with Crippen LogP contribution in [0.2, 0.25) is 0 Å². The number of aryl methyl sites for hydroxylation is 1. The Bertz CT molecular complexity index is 318. The topological polar surface area (TPSA) is 48.8 Å². The molecule has 0 aliphatic rings. The molecule has 68 valence electrons. The van der Waals surface area contributed by atoms with E-state index in [1.807, 2.05) is 6.07 Å². The first kappa shape index (κ1) is 9.55. The van der Waals surface area contributed by atoms with E-state index in [-0.39, 0.29) is 5.82 Å². The summed E-state index contributed by atoms with van der Waals surface area (Å²) in [5.74, 6) is -0.221. The van der Waals surface area contributed by atoms with E-state index in [9.17, 15) is 4.39 Å². The predicted molar refractivity (Wildman–Crippen MR) is 48.7 cm³/mol. The Hall–Kier alpha value is -1.54. The maximum absolute atomic E-state index is 12.7. The van der Waals surface area contributed by atoms with Crippen molar-refractivity contribution >= 4 is 0 Å². The van der Waals surface area contributed by atoms with E-state index in [1.54, 1.807) is 6.07 Å². The fourth-order valence-corrected chi connectivity index (χ4v) is 1.09. The van der Waals surface area contributed by atoms with Gasteiger partial charge in [-0.05, 0) is 36.1 Å². The Morgan fingerprint density at radius 1 is 1.46 bits per heavy atom. The molecule has 0 N–H and O–H groups in total. The summed E-state index contributed by atoms with van der Waals surface area (Å²) in [4.78, 5) is 2.64. The standard InChI is InChI=1S/C9H10FN3/c10-9-5-1-3-8(7-9)4-2-6-12-13-11/h1,3,5,7H,2,4,6H2. The first-order chi connectivity index (χ1) is 6.33. The van der Waals surface area contributed by atoms with Crippen molar-refractivity contribution < 1.29 is 4.39 Å². The first-order valence-electron chi connectivity index (χ1n) is 4.08. The summed E-state index contributed by atoms with van der Waals surface area (Å²) in [7, 11) is 0. The molecule has 0 fully saturated rings. The van der Waals surface area contributed by atoms with E-state index < -0.39 is 0 Å². The van der Waals surface area contributed by atoms with Gasteiger partial charge in [-0.1, -0.05) is 17.2 Å². The average molecular weight is 179 g/mol. The van der Waals surface area contributed by atoms with Crippen LogP contribution in [0.4, 0.5) is 4.39 Å². The van der Waals surface area contributed by atoms with Gasteiger partial charge in [0.05, 0.1) is 0 Å². The molecular formula is C9H10FN3. The van der Waals surface area contributed by atoms with Gasteiger partial charge in [0.1, 0.15) is 5.82 Å². The number of benzene rings is 1. The van der Waals surface area contributed by atoms with Crippen LogP contribution in [0.1, 0.15) is 12.0 Å². The van der Waals surface area contributed by atoms with E-state index in [0.29, 0.717) is 6.54 Å². The molecule has 1 rings (SSSR count). The third kappa shape index (κ3) is 3.58. The molecule has 13 heavy (non-hydrogen) atoms. The van der Waals surface area contributed by atoms with E-state index in [4.69, 9.17) is 5.53 Å².